The molecular formula is C22H20ClNO3. The van der Waals surface area contributed by atoms with Crippen LogP contribution in [0.25, 0.3) is 0 Å². The van der Waals surface area contributed by atoms with Crippen LogP contribution in [0.1, 0.15) is 17.2 Å². The third-order valence-corrected chi connectivity index (χ3v) is 4.32. The van der Waals surface area contributed by atoms with E-state index in [0.717, 1.165) is 16.9 Å². The van der Waals surface area contributed by atoms with E-state index in [-0.39, 0.29) is 18.6 Å². The highest BCUT2D eigenvalue weighted by Crippen LogP contribution is 2.24. The molecule has 138 valence electrons. The second-order valence-corrected chi connectivity index (χ2v) is 6.36. The van der Waals surface area contributed by atoms with Gasteiger partial charge in [-0.1, -0.05) is 54.1 Å². The number of halogens is 1. The van der Waals surface area contributed by atoms with Crippen molar-refractivity contribution in [3.05, 3.63) is 95.0 Å². The zero-order valence-corrected chi connectivity index (χ0v) is 15.6. The second kappa shape index (κ2) is 9.10. The van der Waals surface area contributed by atoms with Gasteiger partial charge in [-0.15, -0.1) is 0 Å². The molecule has 3 aromatic rings. The summed E-state index contributed by atoms with van der Waals surface area (Å²) < 4.78 is 10.8. The highest BCUT2D eigenvalue weighted by Gasteiger charge is 2.17. The first-order valence-electron chi connectivity index (χ1n) is 8.52. The summed E-state index contributed by atoms with van der Waals surface area (Å²) in [5.41, 5.74) is 1.95. The van der Waals surface area contributed by atoms with Crippen molar-refractivity contribution in [3.8, 4) is 11.5 Å². The first-order chi connectivity index (χ1) is 13.2. The fourth-order valence-electron chi connectivity index (χ4n) is 2.68. The van der Waals surface area contributed by atoms with Crippen molar-refractivity contribution in [3.63, 3.8) is 0 Å². The summed E-state index contributed by atoms with van der Waals surface area (Å²) in [6, 6.07) is 24.1. The molecule has 1 amide bonds. The number of rotatable bonds is 7. The number of methoxy groups -OCH3 is 1. The van der Waals surface area contributed by atoms with Crippen molar-refractivity contribution in [1.29, 1.82) is 0 Å². The number of hydrogen-bond donors (Lipinski definition) is 1. The van der Waals surface area contributed by atoms with E-state index in [2.05, 4.69) is 5.32 Å². The average Bonchev–Trinajstić information content (AvgIpc) is 2.72. The maximum Gasteiger partial charge on any atom is 0.258 e. The smallest absolute Gasteiger partial charge is 0.258 e. The summed E-state index contributed by atoms with van der Waals surface area (Å²) in [5.74, 6) is 1.15. The lowest BCUT2D eigenvalue weighted by atomic mass is 9.98. The van der Waals surface area contributed by atoms with Gasteiger partial charge in [0.1, 0.15) is 11.5 Å². The Kier molecular flexibility index (Phi) is 6.34. The van der Waals surface area contributed by atoms with Gasteiger partial charge in [0.25, 0.3) is 5.91 Å². The lowest BCUT2D eigenvalue weighted by Crippen LogP contribution is -2.33. The van der Waals surface area contributed by atoms with E-state index in [1.807, 2.05) is 54.6 Å². The van der Waals surface area contributed by atoms with Crippen molar-refractivity contribution in [1.82, 2.24) is 5.32 Å². The molecule has 0 heterocycles. The number of carbonyl (C=O) groups excluding carboxylic acids is 1. The Hall–Kier alpha value is -2.98. The lowest BCUT2D eigenvalue weighted by Gasteiger charge is -2.20. The minimum atomic E-state index is -0.279. The first-order valence-corrected chi connectivity index (χ1v) is 8.90. The maximum atomic E-state index is 12.5. The zero-order chi connectivity index (χ0) is 19.1. The molecule has 0 unspecified atom stereocenters. The van der Waals surface area contributed by atoms with Crippen molar-refractivity contribution in [2.75, 3.05) is 13.7 Å². The Bertz CT molecular complexity index is 864. The van der Waals surface area contributed by atoms with Crippen LogP contribution in [0.15, 0.2) is 78.9 Å². The number of amides is 1. The average molecular weight is 382 g/mol. The van der Waals surface area contributed by atoms with Gasteiger partial charge in [-0.3, -0.25) is 4.79 Å². The summed E-state index contributed by atoms with van der Waals surface area (Å²) in [7, 11) is 1.62. The second-order valence-electron chi connectivity index (χ2n) is 5.93. The predicted molar refractivity (Wildman–Crippen MR) is 106 cm³/mol. The fraction of sp³-hybridized carbons (Fsp3) is 0.136. The molecule has 0 bridgehead atoms. The summed E-state index contributed by atoms with van der Waals surface area (Å²) in [5, 5.41) is 3.66. The van der Waals surface area contributed by atoms with Crippen LogP contribution in [0, 0.1) is 0 Å². The molecule has 0 radical (unpaired) electrons. The van der Waals surface area contributed by atoms with Gasteiger partial charge in [0, 0.05) is 5.02 Å². The highest BCUT2D eigenvalue weighted by molar-refractivity contribution is 6.30. The SMILES string of the molecule is COc1ccc([C@@H](NC(=O)COc2ccc(Cl)cc2)c2ccccc2)cc1. The summed E-state index contributed by atoms with van der Waals surface area (Å²) in [6.07, 6.45) is 0. The van der Waals surface area contributed by atoms with Gasteiger partial charge < -0.3 is 14.8 Å². The minimum absolute atomic E-state index is 0.0822. The van der Waals surface area contributed by atoms with Crippen LogP contribution in [0.3, 0.4) is 0 Å². The van der Waals surface area contributed by atoms with Gasteiger partial charge in [0.2, 0.25) is 0 Å². The third-order valence-electron chi connectivity index (χ3n) is 4.07. The molecule has 0 fully saturated rings. The van der Waals surface area contributed by atoms with Crippen LogP contribution in [-0.4, -0.2) is 19.6 Å². The molecule has 4 nitrogen and oxygen atoms in total. The van der Waals surface area contributed by atoms with E-state index in [0.29, 0.717) is 10.8 Å². The van der Waals surface area contributed by atoms with Crippen LogP contribution < -0.4 is 14.8 Å². The molecule has 0 saturated carbocycles. The molecule has 3 rings (SSSR count). The van der Waals surface area contributed by atoms with Gasteiger partial charge in [0.05, 0.1) is 13.2 Å². The normalized spacial score (nSPS) is 11.5. The van der Waals surface area contributed by atoms with E-state index < -0.39 is 0 Å². The van der Waals surface area contributed by atoms with E-state index in [1.54, 1.807) is 31.4 Å². The molecule has 3 aromatic carbocycles. The topological polar surface area (TPSA) is 47.6 Å². The Morgan fingerprint density at radius 1 is 0.889 bits per heavy atom. The fourth-order valence-corrected chi connectivity index (χ4v) is 2.81. The number of hydrogen-bond acceptors (Lipinski definition) is 3. The summed E-state index contributed by atoms with van der Waals surface area (Å²) in [4.78, 5) is 12.5. The van der Waals surface area contributed by atoms with E-state index in [4.69, 9.17) is 21.1 Å². The van der Waals surface area contributed by atoms with Gasteiger partial charge in [-0.2, -0.15) is 0 Å². The summed E-state index contributed by atoms with van der Waals surface area (Å²) in [6.45, 7) is -0.0822. The molecule has 27 heavy (non-hydrogen) atoms. The Morgan fingerprint density at radius 2 is 1.48 bits per heavy atom. The predicted octanol–water partition coefficient (Wildman–Crippen LogP) is 4.63. The van der Waals surface area contributed by atoms with Crippen LogP contribution in [-0.2, 0) is 4.79 Å². The summed E-state index contributed by atoms with van der Waals surface area (Å²) >= 11 is 5.86. The van der Waals surface area contributed by atoms with Gasteiger partial charge in [0.15, 0.2) is 6.61 Å². The molecule has 0 aliphatic heterocycles. The molecular weight excluding hydrogens is 362 g/mol. The van der Waals surface area contributed by atoms with Crippen molar-refractivity contribution in [2.24, 2.45) is 0 Å². The molecule has 0 spiro atoms. The quantitative estimate of drug-likeness (QED) is 0.649. The third kappa shape index (κ3) is 5.25. The van der Waals surface area contributed by atoms with Crippen LogP contribution in [0.5, 0.6) is 11.5 Å². The monoisotopic (exact) mass is 381 g/mol. The number of benzene rings is 3. The highest BCUT2D eigenvalue weighted by atomic mass is 35.5. The Morgan fingerprint density at radius 3 is 2.11 bits per heavy atom. The largest absolute Gasteiger partial charge is 0.497 e. The van der Waals surface area contributed by atoms with E-state index in [1.165, 1.54) is 0 Å². The Balaban J connectivity index is 1.72. The molecule has 1 atom stereocenters. The van der Waals surface area contributed by atoms with Crippen LogP contribution in [0.2, 0.25) is 5.02 Å². The zero-order valence-electron chi connectivity index (χ0n) is 14.9. The van der Waals surface area contributed by atoms with Gasteiger partial charge in [-0.25, -0.2) is 0 Å². The number of ether oxygens (including phenoxy) is 2. The maximum absolute atomic E-state index is 12.5. The van der Waals surface area contributed by atoms with Crippen molar-refractivity contribution in [2.45, 2.75) is 6.04 Å². The van der Waals surface area contributed by atoms with E-state index in [9.17, 15) is 4.79 Å². The van der Waals surface area contributed by atoms with Gasteiger partial charge >= 0.3 is 0 Å². The number of carbonyl (C=O) groups is 1. The molecule has 5 heteroatoms. The number of nitrogens with one attached hydrogen (secondary N) is 1. The van der Waals surface area contributed by atoms with E-state index >= 15 is 0 Å². The Labute approximate surface area is 163 Å². The molecule has 0 aromatic heterocycles. The molecule has 0 aliphatic rings. The van der Waals surface area contributed by atoms with Crippen molar-refractivity contribution < 1.29 is 14.3 Å². The first kappa shape index (κ1) is 18.8. The van der Waals surface area contributed by atoms with Crippen LogP contribution in [0.4, 0.5) is 0 Å². The van der Waals surface area contributed by atoms with Gasteiger partial charge in [-0.05, 0) is 47.5 Å². The molecule has 0 saturated heterocycles. The molecule has 1 N–H and O–H groups in total. The minimum Gasteiger partial charge on any atom is -0.497 e. The van der Waals surface area contributed by atoms with Crippen LogP contribution >= 0.6 is 11.6 Å². The van der Waals surface area contributed by atoms with Crippen molar-refractivity contribution >= 4 is 17.5 Å². The lowest BCUT2D eigenvalue weighted by molar-refractivity contribution is -0.123. The standard InChI is InChI=1S/C22H20ClNO3/c1-26-19-11-7-17(8-12-19)22(16-5-3-2-4-6-16)24-21(25)15-27-20-13-9-18(23)10-14-20/h2-14,22H,15H2,1H3,(H,24,25)/t22-/m0/s1. The molecule has 0 aliphatic carbocycles.